The van der Waals surface area contributed by atoms with Gasteiger partial charge in [-0.3, -0.25) is 9.59 Å². The van der Waals surface area contributed by atoms with Gasteiger partial charge in [0.15, 0.2) is 0 Å². The Morgan fingerprint density at radius 3 is 2.38 bits per heavy atom. The predicted molar refractivity (Wildman–Crippen MR) is 99.3 cm³/mol. The van der Waals surface area contributed by atoms with Gasteiger partial charge in [-0.25, -0.2) is 9.29 Å². The molecule has 0 aliphatic carbocycles. The summed E-state index contributed by atoms with van der Waals surface area (Å²) in [6.07, 6.45) is 0. The molecule has 0 fully saturated rings. The molecule has 0 bridgehead atoms. The molecule has 4 nitrogen and oxygen atoms in total. The van der Waals surface area contributed by atoms with Crippen LogP contribution >= 0.6 is 34.2 Å². The number of hydrogen-bond donors (Lipinski definition) is 1. The van der Waals surface area contributed by atoms with E-state index in [1.165, 1.54) is 24.3 Å². The molecule has 2 amide bonds. The Morgan fingerprint density at radius 1 is 1.08 bits per heavy atom. The van der Waals surface area contributed by atoms with Crippen molar-refractivity contribution in [3.05, 3.63) is 68.1 Å². The van der Waals surface area contributed by atoms with Crippen molar-refractivity contribution in [1.82, 2.24) is 0 Å². The summed E-state index contributed by atoms with van der Waals surface area (Å²) in [5.74, 6) is -1.53. The largest absolute Gasteiger partial charge is 0.350 e. The average Bonchev–Trinajstić information content (AvgIpc) is 2.74. The van der Waals surface area contributed by atoms with Gasteiger partial charge in [-0.1, -0.05) is 11.6 Å². The molecule has 3 rings (SSSR count). The number of hydrogen-bond acceptors (Lipinski definition) is 3. The minimum Gasteiger partial charge on any atom is -0.350 e. The van der Waals surface area contributed by atoms with Gasteiger partial charge < -0.3 is 5.32 Å². The van der Waals surface area contributed by atoms with Crippen molar-refractivity contribution in [2.75, 3.05) is 10.2 Å². The Balaban J connectivity index is 1.94. The lowest BCUT2D eigenvalue weighted by Crippen LogP contribution is -2.32. The average molecular weight is 457 g/mol. The number of rotatable bonds is 3. The number of benzene rings is 2. The van der Waals surface area contributed by atoms with Crippen molar-refractivity contribution in [3.63, 3.8) is 0 Å². The molecule has 0 unspecified atom stereocenters. The summed E-state index contributed by atoms with van der Waals surface area (Å²) in [4.78, 5) is 26.1. The highest BCUT2D eigenvalue weighted by molar-refractivity contribution is 14.1. The summed E-state index contributed by atoms with van der Waals surface area (Å²) in [5.41, 5.74) is 1.72. The van der Waals surface area contributed by atoms with Crippen LogP contribution in [0.2, 0.25) is 0 Å². The van der Waals surface area contributed by atoms with Crippen molar-refractivity contribution < 1.29 is 14.0 Å². The van der Waals surface area contributed by atoms with Gasteiger partial charge in [0, 0.05) is 9.26 Å². The molecule has 24 heavy (non-hydrogen) atoms. The molecule has 1 aliphatic heterocycles. The van der Waals surface area contributed by atoms with Crippen LogP contribution in [-0.4, -0.2) is 11.8 Å². The Kier molecular flexibility index (Phi) is 4.60. The van der Waals surface area contributed by atoms with Crippen molar-refractivity contribution in [3.8, 4) is 0 Å². The fraction of sp³-hybridized carbons (Fsp3) is 0.0588. The number of imide groups is 1. The first-order chi connectivity index (χ1) is 11.4. The molecule has 2 aromatic carbocycles. The Hall–Kier alpha value is -1.93. The van der Waals surface area contributed by atoms with E-state index in [0.717, 1.165) is 14.0 Å². The van der Waals surface area contributed by atoms with Gasteiger partial charge in [0.1, 0.15) is 16.5 Å². The molecule has 0 spiro atoms. The molecular weight excluding hydrogens is 446 g/mol. The Morgan fingerprint density at radius 2 is 1.75 bits per heavy atom. The monoisotopic (exact) mass is 456 g/mol. The highest BCUT2D eigenvalue weighted by Gasteiger charge is 2.39. The normalized spacial score (nSPS) is 14.6. The first-order valence-electron chi connectivity index (χ1n) is 6.96. The van der Waals surface area contributed by atoms with Gasteiger partial charge >= 0.3 is 0 Å². The zero-order valence-corrected chi connectivity index (χ0v) is 15.4. The standard InChI is InChI=1S/C17H11ClFIN2O2/c1-9-8-11(20)4-7-13(9)22-16(23)14(18)15(17(22)24)21-12-5-2-10(19)3-6-12/h2-8,21H,1H3. The smallest absolute Gasteiger partial charge is 0.283 e. The summed E-state index contributed by atoms with van der Waals surface area (Å²) in [5, 5.41) is 2.60. The fourth-order valence-corrected chi connectivity index (χ4v) is 3.24. The quantitative estimate of drug-likeness (QED) is 0.557. The molecule has 0 saturated carbocycles. The third-order valence-corrected chi connectivity index (χ3v) is 4.56. The van der Waals surface area contributed by atoms with Crippen molar-refractivity contribution >= 4 is 57.4 Å². The highest BCUT2D eigenvalue weighted by atomic mass is 127. The van der Waals surface area contributed by atoms with Crippen LogP contribution in [0.1, 0.15) is 5.56 Å². The van der Waals surface area contributed by atoms with Crippen LogP contribution in [0.25, 0.3) is 0 Å². The van der Waals surface area contributed by atoms with E-state index in [2.05, 4.69) is 27.9 Å². The second-order valence-corrected chi connectivity index (χ2v) is 6.82. The molecule has 1 N–H and O–H groups in total. The first kappa shape index (κ1) is 16.9. The van der Waals surface area contributed by atoms with Gasteiger partial charge in [0.2, 0.25) is 0 Å². The molecule has 0 radical (unpaired) electrons. The number of aryl methyl sites for hydroxylation is 1. The summed E-state index contributed by atoms with van der Waals surface area (Å²) in [6.45, 7) is 1.82. The van der Waals surface area contributed by atoms with Crippen LogP contribution in [0.5, 0.6) is 0 Å². The number of nitrogens with one attached hydrogen (secondary N) is 1. The molecule has 2 aromatic rings. The third kappa shape index (κ3) is 3.03. The molecule has 0 saturated heterocycles. The molecule has 122 valence electrons. The van der Waals surface area contributed by atoms with Gasteiger partial charge in [-0.2, -0.15) is 0 Å². The van der Waals surface area contributed by atoms with Crippen LogP contribution in [-0.2, 0) is 9.59 Å². The van der Waals surface area contributed by atoms with E-state index in [1.54, 1.807) is 6.07 Å². The SMILES string of the molecule is Cc1cc(I)ccc1N1C(=O)C(Cl)=C(Nc2ccc(F)cc2)C1=O. The number of carbonyl (C=O) groups is 2. The summed E-state index contributed by atoms with van der Waals surface area (Å²) >= 11 is 8.22. The van der Waals surface area contributed by atoms with E-state index in [1.807, 2.05) is 19.1 Å². The maximum absolute atomic E-state index is 13.0. The van der Waals surface area contributed by atoms with Crippen LogP contribution in [0, 0.1) is 16.3 Å². The van der Waals surface area contributed by atoms with Crippen molar-refractivity contribution in [1.29, 1.82) is 0 Å². The van der Waals surface area contributed by atoms with Crippen molar-refractivity contribution in [2.24, 2.45) is 0 Å². The molecule has 0 aromatic heterocycles. The lowest BCUT2D eigenvalue weighted by Gasteiger charge is -2.17. The maximum atomic E-state index is 13.0. The number of anilines is 2. The van der Waals surface area contributed by atoms with E-state index in [9.17, 15) is 14.0 Å². The predicted octanol–water partition coefficient (Wildman–Crippen LogP) is 4.17. The summed E-state index contributed by atoms with van der Waals surface area (Å²) in [6, 6.07) is 10.8. The summed E-state index contributed by atoms with van der Waals surface area (Å²) < 4.78 is 14.0. The van der Waals surface area contributed by atoms with E-state index in [0.29, 0.717) is 11.4 Å². The van der Waals surface area contributed by atoms with E-state index in [-0.39, 0.29) is 10.7 Å². The minimum atomic E-state index is -0.587. The second-order valence-electron chi connectivity index (χ2n) is 5.20. The highest BCUT2D eigenvalue weighted by Crippen LogP contribution is 2.32. The van der Waals surface area contributed by atoms with Gasteiger partial charge in [0.25, 0.3) is 11.8 Å². The molecule has 1 heterocycles. The molecule has 1 aliphatic rings. The van der Waals surface area contributed by atoms with Crippen LogP contribution in [0.3, 0.4) is 0 Å². The fourth-order valence-electron chi connectivity index (χ4n) is 2.38. The van der Waals surface area contributed by atoms with Gasteiger partial charge in [0.05, 0.1) is 5.69 Å². The van der Waals surface area contributed by atoms with E-state index < -0.39 is 17.6 Å². The van der Waals surface area contributed by atoms with E-state index in [4.69, 9.17) is 11.6 Å². The zero-order chi connectivity index (χ0) is 17.4. The number of nitrogens with zero attached hydrogens (tertiary/aromatic N) is 1. The lowest BCUT2D eigenvalue weighted by atomic mass is 10.2. The second kappa shape index (κ2) is 6.52. The van der Waals surface area contributed by atoms with Crippen LogP contribution < -0.4 is 10.2 Å². The third-order valence-electron chi connectivity index (χ3n) is 3.54. The number of carbonyl (C=O) groups excluding carboxylic acids is 2. The molecular formula is C17H11ClFIN2O2. The number of halogens is 3. The minimum absolute atomic E-state index is 0.0220. The topological polar surface area (TPSA) is 49.4 Å². The maximum Gasteiger partial charge on any atom is 0.283 e. The summed E-state index contributed by atoms with van der Waals surface area (Å²) in [7, 11) is 0. The van der Waals surface area contributed by atoms with Gasteiger partial charge in [-0.05, 0) is 77.5 Å². The zero-order valence-electron chi connectivity index (χ0n) is 12.4. The van der Waals surface area contributed by atoms with Crippen LogP contribution in [0.4, 0.5) is 15.8 Å². The van der Waals surface area contributed by atoms with E-state index >= 15 is 0 Å². The first-order valence-corrected chi connectivity index (χ1v) is 8.41. The molecule has 0 atom stereocenters. The molecule has 7 heteroatoms. The van der Waals surface area contributed by atoms with Crippen molar-refractivity contribution in [2.45, 2.75) is 6.92 Å². The Bertz CT molecular complexity index is 881. The Labute approximate surface area is 156 Å². The number of amides is 2. The van der Waals surface area contributed by atoms with Crippen LogP contribution in [0.15, 0.2) is 53.2 Å². The lowest BCUT2D eigenvalue weighted by molar-refractivity contribution is -0.120. The van der Waals surface area contributed by atoms with Gasteiger partial charge in [-0.15, -0.1) is 0 Å².